The van der Waals surface area contributed by atoms with Crippen molar-refractivity contribution >= 4 is 34.1 Å². The number of fused-ring (bicyclic) bond motifs is 1. The zero-order chi connectivity index (χ0) is 24.2. The van der Waals surface area contributed by atoms with Gasteiger partial charge in [-0.25, -0.2) is 0 Å². The topological polar surface area (TPSA) is 100 Å². The number of hydrogen-bond acceptors (Lipinski definition) is 7. The van der Waals surface area contributed by atoms with E-state index in [4.69, 9.17) is 18.9 Å². The first kappa shape index (κ1) is 23.6. The highest BCUT2D eigenvalue weighted by molar-refractivity contribution is 6.18. The number of methoxy groups -OCH3 is 3. The third-order valence-corrected chi connectivity index (χ3v) is 5.23. The van der Waals surface area contributed by atoms with Crippen LogP contribution in [0.1, 0.15) is 19.4 Å². The number of carbonyl (C=O) groups excluding carboxylic acids is 3. The maximum Gasteiger partial charge on any atom is 0.304 e. The molecule has 1 atom stereocenters. The van der Waals surface area contributed by atoms with Crippen molar-refractivity contribution in [3.05, 3.63) is 60.2 Å². The van der Waals surface area contributed by atoms with Crippen LogP contribution in [0.25, 0.3) is 10.8 Å². The van der Waals surface area contributed by atoms with Crippen LogP contribution >= 0.6 is 0 Å². The van der Waals surface area contributed by atoms with Gasteiger partial charge >= 0.3 is 5.97 Å². The van der Waals surface area contributed by atoms with Crippen LogP contribution in [0.2, 0.25) is 0 Å². The lowest BCUT2D eigenvalue weighted by Gasteiger charge is -2.32. The van der Waals surface area contributed by atoms with Gasteiger partial charge in [0, 0.05) is 6.92 Å². The quantitative estimate of drug-likeness (QED) is 0.410. The molecule has 8 nitrogen and oxygen atoms in total. The average Bonchev–Trinajstić information content (AvgIpc) is 2.81. The van der Waals surface area contributed by atoms with E-state index in [1.807, 2.05) is 0 Å². The van der Waals surface area contributed by atoms with Crippen molar-refractivity contribution < 1.29 is 33.3 Å². The van der Waals surface area contributed by atoms with E-state index in [9.17, 15) is 14.4 Å². The fourth-order valence-electron chi connectivity index (χ4n) is 3.73. The van der Waals surface area contributed by atoms with Crippen molar-refractivity contribution in [3.63, 3.8) is 0 Å². The Morgan fingerprint density at radius 1 is 0.818 bits per heavy atom. The molecule has 0 spiro atoms. The molecule has 0 aliphatic heterocycles. The molecule has 3 rings (SSSR count). The van der Waals surface area contributed by atoms with Crippen LogP contribution in [-0.4, -0.2) is 39.0 Å². The molecular formula is C25H25NO7. The van der Waals surface area contributed by atoms with E-state index in [0.29, 0.717) is 28.0 Å². The van der Waals surface area contributed by atoms with E-state index >= 15 is 0 Å². The Bertz CT molecular complexity index is 1220. The fraction of sp³-hybridized carbons (Fsp3) is 0.240. The summed E-state index contributed by atoms with van der Waals surface area (Å²) in [6.07, 6.45) is 0. The molecule has 172 valence electrons. The Morgan fingerprint density at radius 2 is 1.48 bits per heavy atom. The lowest BCUT2D eigenvalue weighted by Crippen LogP contribution is -2.49. The SMILES string of the molecule is COc1ccc2ccc(OC)c([C@@](OC(C)=O)(C(C)=O)C(=O)Nc3ccccc3OC)c2c1. The van der Waals surface area contributed by atoms with Gasteiger partial charge in [0.1, 0.15) is 17.2 Å². The van der Waals surface area contributed by atoms with Gasteiger partial charge < -0.3 is 24.3 Å². The summed E-state index contributed by atoms with van der Waals surface area (Å²) in [4.78, 5) is 39.2. The molecule has 0 aromatic heterocycles. The molecule has 0 bridgehead atoms. The van der Waals surface area contributed by atoms with Gasteiger partial charge in [0.25, 0.3) is 11.5 Å². The van der Waals surface area contributed by atoms with Crippen molar-refractivity contribution in [2.24, 2.45) is 0 Å². The molecule has 0 radical (unpaired) electrons. The molecule has 3 aromatic carbocycles. The maximum atomic E-state index is 13.8. The van der Waals surface area contributed by atoms with E-state index in [0.717, 1.165) is 6.92 Å². The van der Waals surface area contributed by atoms with Crippen LogP contribution in [0, 0.1) is 0 Å². The molecule has 3 aromatic rings. The summed E-state index contributed by atoms with van der Waals surface area (Å²) in [5.74, 6) is -1.34. The molecule has 1 amide bonds. The van der Waals surface area contributed by atoms with Crippen LogP contribution in [0.5, 0.6) is 17.2 Å². The summed E-state index contributed by atoms with van der Waals surface area (Å²) in [5, 5.41) is 3.83. The Balaban J connectivity index is 2.35. The number of Topliss-reactive ketones (excluding diaryl/α,β-unsaturated/α-hetero) is 1. The largest absolute Gasteiger partial charge is 0.497 e. The number of ether oxygens (including phenoxy) is 4. The summed E-state index contributed by atoms with van der Waals surface area (Å²) in [5.41, 5.74) is -1.94. The van der Waals surface area contributed by atoms with E-state index in [1.165, 1.54) is 28.3 Å². The van der Waals surface area contributed by atoms with Crippen molar-refractivity contribution in [2.75, 3.05) is 26.6 Å². The Morgan fingerprint density at radius 3 is 2.09 bits per heavy atom. The minimum absolute atomic E-state index is 0.0940. The highest BCUT2D eigenvalue weighted by Crippen LogP contribution is 2.42. The number of para-hydroxylation sites is 2. The Hall–Kier alpha value is -4.07. The number of ketones is 1. The number of nitrogens with one attached hydrogen (secondary N) is 1. The van der Waals surface area contributed by atoms with Gasteiger partial charge in [0.2, 0.25) is 0 Å². The Labute approximate surface area is 191 Å². The van der Waals surface area contributed by atoms with Gasteiger partial charge in [0.05, 0.1) is 32.6 Å². The van der Waals surface area contributed by atoms with Gasteiger partial charge in [-0.1, -0.05) is 24.3 Å². The predicted octanol–water partition coefficient (Wildman–Crippen LogP) is 3.85. The monoisotopic (exact) mass is 451 g/mol. The second-order valence-electron chi connectivity index (χ2n) is 7.22. The molecule has 0 saturated heterocycles. The van der Waals surface area contributed by atoms with E-state index in [1.54, 1.807) is 54.6 Å². The zero-order valence-corrected chi connectivity index (χ0v) is 19.1. The lowest BCUT2D eigenvalue weighted by molar-refractivity contribution is -0.171. The summed E-state index contributed by atoms with van der Waals surface area (Å²) < 4.78 is 21.7. The van der Waals surface area contributed by atoms with Crippen LogP contribution in [-0.2, 0) is 24.7 Å². The first-order valence-corrected chi connectivity index (χ1v) is 10.1. The third-order valence-electron chi connectivity index (χ3n) is 5.23. The minimum atomic E-state index is -2.34. The number of rotatable bonds is 8. The minimum Gasteiger partial charge on any atom is -0.497 e. The van der Waals surface area contributed by atoms with Gasteiger partial charge in [-0.3, -0.25) is 14.4 Å². The number of benzene rings is 3. The smallest absolute Gasteiger partial charge is 0.304 e. The third kappa shape index (κ3) is 4.32. The highest BCUT2D eigenvalue weighted by Gasteiger charge is 2.52. The molecule has 8 heteroatoms. The average molecular weight is 451 g/mol. The number of hydrogen-bond donors (Lipinski definition) is 1. The molecular weight excluding hydrogens is 426 g/mol. The van der Waals surface area contributed by atoms with E-state index in [2.05, 4.69) is 5.32 Å². The lowest BCUT2D eigenvalue weighted by atomic mass is 9.84. The predicted molar refractivity (Wildman–Crippen MR) is 123 cm³/mol. The molecule has 0 fully saturated rings. The second kappa shape index (κ2) is 9.60. The van der Waals surface area contributed by atoms with Gasteiger partial charge in [-0.15, -0.1) is 0 Å². The maximum absolute atomic E-state index is 13.8. The van der Waals surface area contributed by atoms with Crippen molar-refractivity contribution in [1.29, 1.82) is 0 Å². The fourth-order valence-corrected chi connectivity index (χ4v) is 3.73. The molecule has 0 unspecified atom stereocenters. The summed E-state index contributed by atoms with van der Waals surface area (Å²) in [7, 11) is 4.36. The molecule has 0 heterocycles. The number of esters is 1. The van der Waals surface area contributed by atoms with Crippen LogP contribution in [0.4, 0.5) is 5.69 Å². The summed E-state index contributed by atoms with van der Waals surface area (Å²) >= 11 is 0. The number of amides is 1. The van der Waals surface area contributed by atoms with Gasteiger partial charge in [-0.05, 0) is 48.0 Å². The number of anilines is 1. The first-order chi connectivity index (χ1) is 15.8. The van der Waals surface area contributed by atoms with E-state index < -0.39 is 23.3 Å². The molecule has 0 aliphatic carbocycles. The van der Waals surface area contributed by atoms with Gasteiger partial charge in [0.15, 0.2) is 5.78 Å². The van der Waals surface area contributed by atoms with Crippen molar-refractivity contribution in [3.8, 4) is 17.2 Å². The zero-order valence-electron chi connectivity index (χ0n) is 19.1. The summed E-state index contributed by atoms with van der Waals surface area (Å²) in [6.45, 7) is 2.31. The van der Waals surface area contributed by atoms with Crippen molar-refractivity contribution in [1.82, 2.24) is 0 Å². The highest BCUT2D eigenvalue weighted by atomic mass is 16.6. The molecule has 33 heavy (non-hydrogen) atoms. The first-order valence-electron chi connectivity index (χ1n) is 10.1. The number of carbonyl (C=O) groups is 3. The molecule has 0 aliphatic rings. The van der Waals surface area contributed by atoms with E-state index in [-0.39, 0.29) is 11.3 Å². The van der Waals surface area contributed by atoms with Crippen LogP contribution in [0.3, 0.4) is 0 Å². The summed E-state index contributed by atoms with van der Waals surface area (Å²) in [6, 6.07) is 15.3. The van der Waals surface area contributed by atoms with Gasteiger partial charge in [-0.2, -0.15) is 0 Å². The second-order valence-corrected chi connectivity index (χ2v) is 7.22. The van der Waals surface area contributed by atoms with Crippen molar-refractivity contribution in [2.45, 2.75) is 19.4 Å². The van der Waals surface area contributed by atoms with Crippen LogP contribution < -0.4 is 19.5 Å². The standard InChI is InChI=1S/C25H25NO7/c1-15(27)25(33-16(2)28,24(29)26-20-8-6-7-9-21(20)31-4)23-19-14-18(30-3)12-10-17(19)11-13-22(23)32-5/h6-14H,1-5H3,(H,26,29)/t25-/m0/s1. The Kier molecular flexibility index (Phi) is 6.86. The van der Waals surface area contributed by atoms with Crippen LogP contribution in [0.15, 0.2) is 54.6 Å². The molecule has 1 N–H and O–H groups in total. The molecule has 0 saturated carbocycles. The normalized spacial score (nSPS) is 12.4.